The fourth-order valence-electron chi connectivity index (χ4n) is 2.51. The predicted octanol–water partition coefficient (Wildman–Crippen LogP) is 0.00760. The first-order valence-corrected chi connectivity index (χ1v) is 8.09. The van der Waals surface area contributed by atoms with Crippen LogP contribution < -0.4 is 21.3 Å². The van der Waals surface area contributed by atoms with Crippen molar-refractivity contribution in [2.75, 3.05) is 18.0 Å². The van der Waals surface area contributed by atoms with Crippen LogP contribution in [0.15, 0.2) is 30.3 Å². The van der Waals surface area contributed by atoms with Crippen LogP contribution in [0.1, 0.15) is 20.3 Å². The standard InChI is InChI=1S/C17H24N4O3/c1-11(2)15(18)16(23)19-10-14(22)20-13-8-9-21(17(13)24)12-6-4-3-5-7-12/h3-7,11,13,15H,8-10,18H2,1-2H3,(H,19,23)(H,20,22)/t13?,15-/m0/s1. The Hall–Kier alpha value is -2.41. The van der Waals surface area contributed by atoms with E-state index in [0.717, 1.165) is 5.69 Å². The lowest BCUT2D eigenvalue weighted by Gasteiger charge is -2.18. The van der Waals surface area contributed by atoms with Crippen molar-refractivity contribution in [3.63, 3.8) is 0 Å². The first-order valence-electron chi connectivity index (χ1n) is 8.09. The van der Waals surface area contributed by atoms with E-state index in [9.17, 15) is 14.4 Å². The lowest BCUT2D eigenvalue weighted by atomic mass is 10.1. The molecule has 24 heavy (non-hydrogen) atoms. The van der Waals surface area contributed by atoms with Crippen molar-refractivity contribution < 1.29 is 14.4 Å². The maximum atomic E-state index is 12.4. The van der Waals surface area contributed by atoms with E-state index in [1.165, 1.54) is 0 Å². The number of para-hydroxylation sites is 1. The predicted molar refractivity (Wildman–Crippen MR) is 91.2 cm³/mol. The van der Waals surface area contributed by atoms with E-state index >= 15 is 0 Å². The molecule has 7 heteroatoms. The third-order valence-electron chi connectivity index (χ3n) is 4.05. The zero-order valence-corrected chi connectivity index (χ0v) is 14.0. The van der Waals surface area contributed by atoms with Gasteiger partial charge in [0.2, 0.25) is 17.7 Å². The summed E-state index contributed by atoms with van der Waals surface area (Å²) in [4.78, 5) is 37.7. The summed E-state index contributed by atoms with van der Waals surface area (Å²) in [5.74, 6) is -0.917. The van der Waals surface area contributed by atoms with Gasteiger partial charge in [-0.1, -0.05) is 32.0 Å². The molecule has 0 saturated carbocycles. The number of carbonyl (C=O) groups excluding carboxylic acids is 3. The highest BCUT2D eigenvalue weighted by Gasteiger charge is 2.33. The molecular weight excluding hydrogens is 308 g/mol. The Morgan fingerprint density at radius 2 is 1.96 bits per heavy atom. The minimum Gasteiger partial charge on any atom is -0.346 e. The van der Waals surface area contributed by atoms with Crippen LogP contribution in [-0.4, -0.2) is 42.9 Å². The average Bonchev–Trinajstić information content (AvgIpc) is 2.93. The highest BCUT2D eigenvalue weighted by Crippen LogP contribution is 2.20. The second-order valence-electron chi connectivity index (χ2n) is 6.22. The van der Waals surface area contributed by atoms with Crippen molar-refractivity contribution in [2.45, 2.75) is 32.4 Å². The molecule has 2 atom stereocenters. The fourth-order valence-corrected chi connectivity index (χ4v) is 2.51. The third kappa shape index (κ3) is 4.32. The Morgan fingerprint density at radius 1 is 1.29 bits per heavy atom. The Bertz CT molecular complexity index is 603. The summed E-state index contributed by atoms with van der Waals surface area (Å²) in [6.45, 7) is 4.03. The Kier molecular flexibility index (Phi) is 5.92. The highest BCUT2D eigenvalue weighted by atomic mass is 16.2. The van der Waals surface area contributed by atoms with E-state index in [1.54, 1.807) is 4.90 Å². The number of carbonyl (C=O) groups is 3. The Morgan fingerprint density at radius 3 is 2.58 bits per heavy atom. The molecule has 2 rings (SSSR count). The number of anilines is 1. The number of benzene rings is 1. The second kappa shape index (κ2) is 7.92. The molecule has 4 N–H and O–H groups in total. The van der Waals surface area contributed by atoms with Crippen LogP contribution in [0.5, 0.6) is 0 Å². The molecule has 1 unspecified atom stereocenters. The summed E-state index contributed by atoms with van der Waals surface area (Å²) in [5, 5.41) is 5.16. The van der Waals surface area contributed by atoms with Gasteiger partial charge in [0, 0.05) is 12.2 Å². The first-order chi connectivity index (χ1) is 11.4. The molecule has 1 aromatic rings. The number of nitrogens with zero attached hydrogens (tertiary/aromatic N) is 1. The van der Waals surface area contributed by atoms with E-state index < -0.39 is 18.0 Å². The lowest BCUT2D eigenvalue weighted by molar-refractivity contribution is -0.128. The lowest BCUT2D eigenvalue weighted by Crippen LogP contribution is -2.49. The quantitative estimate of drug-likeness (QED) is 0.682. The Balaban J connectivity index is 1.83. The molecule has 1 aromatic carbocycles. The molecule has 0 aromatic heterocycles. The molecule has 1 aliphatic heterocycles. The number of nitrogens with two attached hydrogens (primary N) is 1. The second-order valence-corrected chi connectivity index (χ2v) is 6.22. The van der Waals surface area contributed by atoms with Gasteiger partial charge in [0.05, 0.1) is 12.6 Å². The summed E-state index contributed by atoms with van der Waals surface area (Å²) >= 11 is 0. The smallest absolute Gasteiger partial charge is 0.249 e. The first kappa shape index (κ1) is 17.9. The van der Waals surface area contributed by atoms with Gasteiger partial charge in [-0.3, -0.25) is 14.4 Å². The largest absolute Gasteiger partial charge is 0.346 e. The summed E-state index contributed by atoms with van der Waals surface area (Å²) in [6, 6.07) is 8.11. The maximum absolute atomic E-state index is 12.4. The van der Waals surface area contributed by atoms with Crippen LogP contribution in [0, 0.1) is 5.92 Å². The normalized spacial score (nSPS) is 18.6. The highest BCUT2D eigenvalue weighted by molar-refractivity contribution is 6.01. The van der Waals surface area contributed by atoms with Crippen LogP contribution >= 0.6 is 0 Å². The average molecular weight is 332 g/mol. The van der Waals surface area contributed by atoms with Crippen LogP contribution in [-0.2, 0) is 14.4 Å². The molecule has 1 saturated heterocycles. The van der Waals surface area contributed by atoms with E-state index in [-0.39, 0.29) is 24.3 Å². The summed E-state index contributed by atoms with van der Waals surface area (Å²) in [7, 11) is 0. The molecule has 7 nitrogen and oxygen atoms in total. The van der Waals surface area contributed by atoms with Crippen LogP contribution in [0.2, 0.25) is 0 Å². The van der Waals surface area contributed by atoms with Gasteiger partial charge in [-0.05, 0) is 24.5 Å². The van der Waals surface area contributed by atoms with Gasteiger partial charge >= 0.3 is 0 Å². The van der Waals surface area contributed by atoms with Crippen LogP contribution in [0.25, 0.3) is 0 Å². The molecule has 0 radical (unpaired) electrons. The number of amides is 3. The Labute approximate surface area is 141 Å². The van der Waals surface area contributed by atoms with Gasteiger partial charge < -0.3 is 21.3 Å². The summed E-state index contributed by atoms with van der Waals surface area (Å²) < 4.78 is 0. The van der Waals surface area contributed by atoms with Gasteiger partial charge in [-0.25, -0.2) is 0 Å². The number of hydrogen-bond acceptors (Lipinski definition) is 4. The molecular formula is C17H24N4O3. The van der Waals surface area contributed by atoms with Crippen molar-refractivity contribution in [1.82, 2.24) is 10.6 Å². The van der Waals surface area contributed by atoms with Crippen LogP contribution in [0.4, 0.5) is 5.69 Å². The van der Waals surface area contributed by atoms with Gasteiger partial charge in [-0.2, -0.15) is 0 Å². The summed E-state index contributed by atoms with van der Waals surface area (Å²) in [6.07, 6.45) is 0.541. The van der Waals surface area contributed by atoms with Gasteiger partial charge in [-0.15, -0.1) is 0 Å². The summed E-state index contributed by atoms with van der Waals surface area (Å²) in [5.41, 5.74) is 6.53. The minimum absolute atomic E-state index is 0.0103. The van der Waals surface area contributed by atoms with Crippen molar-refractivity contribution in [3.8, 4) is 0 Å². The molecule has 0 bridgehead atoms. The van der Waals surface area contributed by atoms with Crippen LogP contribution in [0.3, 0.4) is 0 Å². The fraction of sp³-hybridized carbons (Fsp3) is 0.471. The van der Waals surface area contributed by atoms with Gasteiger partial charge in [0.25, 0.3) is 0 Å². The molecule has 3 amide bonds. The molecule has 130 valence electrons. The van der Waals surface area contributed by atoms with E-state index in [4.69, 9.17) is 5.73 Å². The zero-order valence-electron chi connectivity index (χ0n) is 14.0. The minimum atomic E-state index is -0.653. The molecule has 0 aliphatic carbocycles. The molecule has 1 heterocycles. The number of hydrogen-bond donors (Lipinski definition) is 3. The number of rotatable bonds is 6. The third-order valence-corrected chi connectivity index (χ3v) is 4.05. The van der Waals surface area contributed by atoms with E-state index in [2.05, 4.69) is 10.6 Å². The molecule has 1 fully saturated rings. The zero-order chi connectivity index (χ0) is 17.7. The van der Waals surface area contributed by atoms with Crippen molar-refractivity contribution in [2.24, 2.45) is 11.7 Å². The van der Waals surface area contributed by atoms with E-state index in [1.807, 2.05) is 44.2 Å². The van der Waals surface area contributed by atoms with E-state index in [0.29, 0.717) is 13.0 Å². The van der Waals surface area contributed by atoms with Crippen molar-refractivity contribution in [1.29, 1.82) is 0 Å². The molecule has 1 aliphatic rings. The molecule has 0 spiro atoms. The number of nitrogens with one attached hydrogen (secondary N) is 2. The van der Waals surface area contributed by atoms with Crippen molar-refractivity contribution in [3.05, 3.63) is 30.3 Å². The SMILES string of the molecule is CC(C)[C@H](N)C(=O)NCC(=O)NC1CCN(c2ccccc2)C1=O. The van der Waals surface area contributed by atoms with Crippen molar-refractivity contribution >= 4 is 23.4 Å². The topological polar surface area (TPSA) is 105 Å². The van der Waals surface area contributed by atoms with Gasteiger partial charge in [0.15, 0.2) is 0 Å². The monoisotopic (exact) mass is 332 g/mol. The van der Waals surface area contributed by atoms with Gasteiger partial charge in [0.1, 0.15) is 6.04 Å². The maximum Gasteiger partial charge on any atom is 0.249 e.